The molecular formula is C9H8O4. The highest BCUT2D eigenvalue weighted by Crippen LogP contribution is 2.25. The lowest BCUT2D eigenvalue weighted by atomic mass is 10.1. The summed E-state index contributed by atoms with van der Waals surface area (Å²) in [6.45, 7) is 0. The van der Waals surface area contributed by atoms with Crippen LogP contribution in [-0.4, -0.2) is 17.2 Å². The molecule has 0 radical (unpaired) electrons. The fourth-order valence-corrected chi connectivity index (χ4v) is 1.23. The predicted octanol–water partition coefficient (Wildman–Crippen LogP) is 1.01. The van der Waals surface area contributed by atoms with Gasteiger partial charge in [0.1, 0.15) is 0 Å². The summed E-state index contributed by atoms with van der Waals surface area (Å²) in [5, 5.41) is 8.66. The van der Waals surface area contributed by atoms with Crippen LogP contribution in [0.2, 0.25) is 0 Å². The largest absolute Gasteiger partial charge is 0.479 e. The standard InChI is InChI=1S/C9H8O4/c10-9(11)8-5-6-3-1-2-4-7(6)12-13-8/h1-4,8H,5H2,(H,10,11). The van der Waals surface area contributed by atoms with E-state index in [1.807, 2.05) is 18.2 Å². The van der Waals surface area contributed by atoms with Crippen LogP contribution in [0.15, 0.2) is 24.3 Å². The van der Waals surface area contributed by atoms with Crippen molar-refractivity contribution in [3.8, 4) is 5.75 Å². The zero-order chi connectivity index (χ0) is 9.26. The molecule has 0 saturated carbocycles. The number of carbonyl (C=O) groups is 1. The third-order valence-electron chi connectivity index (χ3n) is 1.91. The highest BCUT2D eigenvalue weighted by Gasteiger charge is 2.26. The first-order chi connectivity index (χ1) is 6.27. The van der Waals surface area contributed by atoms with Crippen LogP contribution in [0.25, 0.3) is 0 Å². The molecule has 1 aliphatic rings. The highest BCUT2D eigenvalue weighted by molar-refractivity contribution is 5.73. The lowest BCUT2D eigenvalue weighted by molar-refractivity contribution is -0.255. The first-order valence-electron chi connectivity index (χ1n) is 3.91. The van der Waals surface area contributed by atoms with Gasteiger partial charge in [0.15, 0.2) is 5.75 Å². The molecule has 0 aromatic heterocycles. The van der Waals surface area contributed by atoms with Crippen LogP contribution in [-0.2, 0) is 16.1 Å². The number of aliphatic carboxylic acids is 1. The second kappa shape index (κ2) is 3.06. The lowest BCUT2D eigenvalue weighted by Crippen LogP contribution is -2.31. The first kappa shape index (κ1) is 8.07. The van der Waals surface area contributed by atoms with Crippen LogP contribution in [0, 0.1) is 0 Å². The number of rotatable bonds is 1. The third kappa shape index (κ3) is 1.48. The molecule has 1 unspecified atom stereocenters. The number of hydrogen-bond donors (Lipinski definition) is 1. The summed E-state index contributed by atoms with van der Waals surface area (Å²) in [7, 11) is 0. The van der Waals surface area contributed by atoms with Crippen molar-refractivity contribution in [1.82, 2.24) is 0 Å². The average molecular weight is 180 g/mol. The van der Waals surface area contributed by atoms with E-state index in [1.165, 1.54) is 0 Å². The Labute approximate surface area is 74.6 Å². The zero-order valence-electron chi connectivity index (χ0n) is 6.77. The van der Waals surface area contributed by atoms with E-state index in [0.717, 1.165) is 5.56 Å². The van der Waals surface area contributed by atoms with Gasteiger partial charge in [0.05, 0.1) is 0 Å². The number of carboxylic acids is 1. The smallest absolute Gasteiger partial charge is 0.337 e. The molecule has 0 amide bonds. The molecule has 1 aliphatic heterocycles. The summed E-state index contributed by atoms with van der Waals surface area (Å²) in [5.41, 5.74) is 0.862. The van der Waals surface area contributed by atoms with Crippen molar-refractivity contribution in [2.75, 3.05) is 0 Å². The van der Waals surface area contributed by atoms with E-state index in [0.29, 0.717) is 12.2 Å². The maximum atomic E-state index is 10.6. The van der Waals surface area contributed by atoms with Crippen molar-refractivity contribution >= 4 is 5.97 Å². The number of benzene rings is 1. The van der Waals surface area contributed by atoms with Crippen LogP contribution < -0.4 is 4.89 Å². The maximum absolute atomic E-state index is 10.6. The minimum Gasteiger partial charge on any atom is -0.479 e. The Bertz CT molecular complexity index is 334. The number of carboxylic acid groups (broad SMARTS) is 1. The Morgan fingerprint density at radius 1 is 1.46 bits per heavy atom. The van der Waals surface area contributed by atoms with Gasteiger partial charge in [0.25, 0.3) is 0 Å². The lowest BCUT2D eigenvalue weighted by Gasteiger charge is -2.20. The molecule has 0 bridgehead atoms. The summed E-state index contributed by atoms with van der Waals surface area (Å²) >= 11 is 0. The summed E-state index contributed by atoms with van der Waals surface area (Å²) in [6, 6.07) is 7.22. The summed E-state index contributed by atoms with van der Waals surface area (Å²) in [5.74, 6) is -0.408. The topological polar surface area (TPSA) is 55.8 Å². The van der Waals surface area contributed by atoms with Crippen LogP contribution in [0.4, 0.5) is 0 Å². The Balaban J connectivity index is 2.24. The minimum atomic E-state index is -1.01. The molecule has 0 fully saturated rings. The Morgan fingerprint density at radius 2 is 2.23 bits per heavy atom. The maximum Gasteiger partial charge on any atom is 0.337 e. The highest BCUT2D eigenvalue weighted by atomic mass is 17.2. The fourth-order valence-electron chi connectivity index (χ4n) is 1.23. The SMILES string of the molecule is O=C(O)C1Cc2ccccc2OO1. The monoisotopic (exact) mass is 180 g/mol. The number of para-hydroxylation sites is 1. The van der Waals surface area contributed by atoms with Gasteiger partial charge in [-0.25, -0.2) is 4.79 Å². The van der Waals surface area contributed by atoms with Gasteiger partial charge in [-0.3, -0.25) is 0 Å². The van der Waals surface area contributed by atoms with Crippen LogP contribution in [0.3, 0.4) is 0 Å². The van der Waals surface area contributed by atoms with Gasteiger partial charge >= 0.3 is 5.97 Å². The molecule has 1 N–H and O–H groups in total. The summed E-state index contributed by atoms with van der Waals surface area (Å²) in [6.07, 6.45) is -0.541. The van der Waals surface area contributed by atoms with Gasteiger partial charge in [-0.1, -0.05) is 18.2 Å². The van der Waals surface area contributed by atoms with Crippen molar-refractivity contribution in [3.05, 3.63) is 29.8 Å². The van der Waals surface area contributed by atoms with Crippen molar-refractivity contribution in [1.29, 1.82) is 0 Å². The van der Waals surface area contributed by atoms with Gasteiger partial charge in [0, 0.05) is 12.0 Å². The Kier molecular flexibility index (Phi) is 1.90. The molecule has 0 saturated heterocycles. The summed E-state index contributed by atoms with van der Waals surface area (Å²) in [4.78, 5) is 20.0. The van der Waals surface area contributed by atoms with Crippen molar-refractivity contribution in [3.63, 3.8) is 0 Å². The second-order valence-electron chi connectivity index (χ2n) is 2.82. The first-order valence-corrected chi connectivity index (χ1v) is 3.91. The van der Waals surface area contributed by atoms with Crippen LogP contribution >= 0.6 is 0 Å². The fraction of sp³-hybridized carbons (Fsp3) is 0.222. The molecule has 4 nitrogen and oxygen atoms in total. The van der Waals surface area contributed by atoms with Crippen molar-refractivity contribution in [2.24, 2.45) is 0 Å². The van der Waals surface area contributed by atoms with Gasteiger partial charge in [-0.2, -0.15) is 4.89 Å². The van der Waals surface area contributed by atoms with Crippen LogP contribution in [0.5, 0.6) is 5.75 Å². The van der Waals surface area contributed by atoms with Gasteiger partial charge in [0.2, 0.25) is 6.10 Å². The third-order valence-corrected chi connectivity index (χ3v) is 1.91. The molecule has 1 aromatic carbocycles. The molecule has 0 aliphatic carbocycles. The van der Waals surface area contributed by atoms with E-state index < -0.39 is 12.1 Å². The van der Waals surface area contributed by atoms with Gasteiger partial charge < -0.3 is 9.99 Å². The molecule has 1 atom stereocenters. The molecule has 68 valence electrons. The quantitative estimate of drug-likeness (QED) is 0.655. The molecule has 1 heterocycles. The van der Waals surface area contributed by atoms with E-state index in [-0.39, 0.29) is 0 Å². The van der Waals surface area contributed by atoms with E-state index >= 15 is 0 Å². The number of fused-ring (bicyclic) bond motifs is 1. The van der Waals surface area contributed by atoms with Crippen molar-refractivity contribution < 1.29 is 19.7 Å². The molecule has 13 heavy (non-hydrogen) atoms. The van der Waals surface area contributed by atoms with E-state index in [2.05, 4.69) is 4.89 Å². The molecule has 2 rings (SSSR count). The Hall–Kier alpha value is -1.55. The minimum absolute atomic E-state index is 0.353. The van der Waals surface area contributed by atoms with Crippen LogP contribution in [0.1, 0.15) is 5.56 Å². The molecule has 0 spiro atoms. The van der Waals surface area contributed by atoms with Gasteiger partial charge in [-0.05, 0) is 6.07 Å². The average Bonchev–Trinajstić information content (AvgIpc) is 2.17. The van der Waals surface area contributed by atoms with E-state index in [9.17, 15) is 4.79 Å². The van der Waals surface area contributed by atoms with Gasteiger partial charge in [-0.15, -0.1) is 0 Å². The summed E-state index contributed by atoms with van der Waals surface area (Å²) < 4.78 is 0. The normalized spacial score (nSPS) is 20.2. The van der Waals surface area contributed by atoms with Crippen molar-refractivity contribution in [2.45, 2.75) is 12.5 Å². The molecule has 4 heteroatoms. The molecular weight excluding hydrogens is 172 g/mol. The Morgan fingerprint density at radius 3 is 3.00 bits per heavy atom. The van der Waals surface area contributed by atoms with E-state index in [1.54, 1.807) is 6.07 Å². The second-order valence-corrected chi connectivity index (χ2v) is 2.82. The predicted molar refractivity (Wildman–Crippen MR) is 43.3 cm³/mol. The number of hydrogen-bond acceptors (Lipinski definition) is 3. The zero-order valence-corrected chi connectivity index (χ0v) is 6.77. The molecule has 1 aromatic rings. The van der Waals surface area contributed by atoms with E-state index in [4.69, 9.17) is 9.99 Å².